The van der Waals surface area contributed by atoms with E-state index in [4.69, 9.17) is 0 Å². The van der Waals surface area contributed by atoms with Gasteiger partial charge in [-0.3, -0.25) is 5.10 Å². The Bertz CT molecular complexity index is 541. The van der Waals surface area contributed by atoms with Crippen LogP contribution in [0.5, 0.6) is 0 Å². The van der Waals surface area contributed by atoms with E-state index in [-0.39, 0.29) is 0 Å². The molecule has 19 heavy (non-hydrogen) atoms. The molecule has 1 aliphatic heterocycles. The van der Waals surface area contributed by atoms with Gasteiger partial charge >= 0.3 is 0 Å². The summed E-state index contributed by atoms with van der Waals surface area (Å²) in [5.74, 6) is 1.05. The predicted molar refractivity (Wildman–Crippen MR) is 81.4 cm³/mol. The number of hydrogen-bond acceptors (Lipinski definition) is 3. The fourth-order valence-corrected chi connectivity index (χ4v) is 2.55. The van der Waals surface area contributed by atoms with Gasteiger partial charge in [0.15, 0.2) is 5.82 Å². The Morgan fingerprint density at radius 2 is 1.79 bits per heavy atom. The molecule has 4 nitrogen and oxygen atoms in total. The van der Waals surface area contributed by atoms with Crippen molar-refractivity contribution in [3.8, 4) is 11.3 Å². The molecule has 0 saturated carbocycles. The Balaban J connectivity index is 1.77. The van der Waals surface area contributed by atoms with Crippen LogP contribution in [-0.2, 0) is 0 Å². The van der Waals surface area contributed by atoms with Crippen molar-refractivity contribution >= 4 is 21.7 Å². The summed E-state index contributed by atoms with van der Waals surface area (Å²) in [4.78, 5) is 4.68. The standard InChI is InChI=1S/C14H17BrN4/c1-18-6-8-19(9-7-18)14-10-13(16-17-14)11-2-4-12(15)5-3-11/h2-5,10H,6-9H2,1H3,(H,16,17). The highest BCUT2D eigenvalue weighted by Crippen LogP contribution is 2.23. The van der Waals surface area contributed by atoms with Crippen LogP contribution >= 0.6 is 15.9 Å². The van der Waals surface area contributed by atoms with Crippen molar-refractivity contribution in [3.63, 3.8) is 0 Å². The fraction of sp³-hybridized carbons (Fsp3) is 0.357. The summed E-state index contributed by atoms with van der Waals surface area (Å²) < 4.78 is 1.09. The van der Waals surface area contributed by atoms with E-state index in [1.54, 1.807) is 0 Å². The lowest BCUT2D eigenvalue weighted by molar-refractivity contribution is 0.312. The van der Waals surface area contributed by atoms with Crippen LogP contribution < -0.4 is 4.90 Å². The average molecular weight is 321 g/mol. The summed E-state index contributed by atoms with van der Waals surface area (Å²) in [5, 5.41) is 7.56. The number of nitrogens with zero attached hydrogens (tertiary/aromatic N) is 3. The normalized spacial score (nSPS) is 16.8. The van der Waals surface area contributed by atoms with E-state index in [0.29, 0.717) is 0 Å². The zero-order valence-corrected chi connectivity index (χ0v) is 12.5. The molecule has 0 radical (unpaired) electrons. The quantitative estimate of drug-likeness (QED) is 0.923. The number of likely N-dealkylation sites (N-methyl/N-ethyl adjacent to an activating group) is 1. The van der Waals surface area contributed by atoms with Gasteiger partial charge in [-0.2, -0.15) is 5.10 Å². The van der Waals surface area contributed by atoms with E-state index in [2.05, 4.69) is 61.2 Å². The smallest absolute Gasteiger partial charge is 0.151 e. The third kappa shape index (κ3) is 2.82. The highest BCUT2D eigenvalue weighted by Gasteiger charge is 2.16. The van der Waals surface area contributed by atoms with Gasteiger partial charge in [0.05, 0.1) is 5.69 Å². The second-order valence-corrected chi connectivity index (χ2v) is 5.85. The number of aromatic nitrogens is 2. The predicted octanol–water partition coefficient (Wildman–Crippen LogP) is 2.59. The van der Waals surface area contributed by atoms with E-state index in [0.717, 1.165) is 47.7 Å². The molecular weight excluding hydrogens is 304 g/mol. The Morgan fingerprint density at radius 1 is 1.11 bits per heavy atom. The summed E-state index contributed by atoms with van der Waals surface area (Å²) in [5.41, 5.74) is 2.23. The summed E-state index contributed by atoms with van der Waals surface area (Å²) in [6, 6.07) is 10.4. The zero-order valence-electron chi connectivity index (χ0n) is 10.9. The number of halogens is 1. The van der Waals surface area contributed by atoms with Gasteiger partial charge in [-0.1, -0.05) is 28.1 Å². The summed E-state index contributed by atoms with van der Waals surface area (Å²) in [6.07, 6.45) is 0. The second kappa shape index (κ2) is 5.35. The molecule has 0 atom stereocenters. The van der Waals surface area contributed by atoms with Crippen LogP contribution in [0.3, 0.4) is 0 Å². The number of anilines is 1. The van der Waals surface area contributed by atoms with Gasteiger partial charge < -0.3 is 9.80 Å². The number of hydrogen-bond donors (Lipinski definition) is 1. The third-order valence-corrected chi connectivity index (χ3v) is 4.08. The summed E-state index contributed by atoms with van der Waals surface area (Å²) >= 11 is 3.45. The van der Waals surface area contributed by atoms with Crippen LogP contribution in [0.1, 0.15) is 0 Å². The molecule has 1 saturated heterocycles. The molecule has 5 heteroatoms. The maximum atomic E-state index is 4.43. The first kappa shape index (κ1) is 12.7. The van der Waals surface area contributed by atoms with Crippen molar-refractivity contribution in [2.75, 3.05) is 38.1 Å². The van der Waals surface area contributed by atoms with E-state index < -0.39 is 0 Å². The lowest BCUT2D eigenvalue weighted by Gasteiger charge is -2.32. The van der Waals surface area contributed by atoms with Crippen molar-refractivity contribution in [2.24, 2.45) is 0 Å². The average Bonchev–Trinajstić information content (AvgIpc) is 2.90. The topological polar surface area (TPSA) is 35.2 Å². The van der Waals surface area contributed by atoms with Crippen LogP contribution in [0, 0.1) is 0 Å². The van der Waals surface area contributed by atoms with Crippen LogP contribution in [0.25, 0.3) is 11.3 Å². The first-order chi connectivity index (χ1) is 9.22. The first-order valence-electron chi connectivity index (χ1n) is 6.47. The number of piperazine rings is 1. The molecule has 1 fully saturated rings. The molecule has 0 unspecified atom stereocenters. The molecular formula is C14H17BrN4. The van der Waals surface area contributed by atoms with E-state index >= 15 is 0 Å². The van der Waals surface area contributed by atoms with Crippen molar-refractivity contribution in [2.45, 2.75) is 0 Å². The number of nitrogens with one attached hydrogen (secondary N) is 1. The van der Waals surface area contributed by atoms with Crippen molar-refractivity contribution in [1.82, 2.24) is 15.1 Å². The van der Waals surface area contributed by atoms with Gasteiger partial charge in [-0.05, 0) is 24.7 Å². The largest absolute Gasteiger partial charge is 0.353 e. The highest BCUT2D eigenvalue weighted by atomic mass is 79.9. The Morgan fingerprint density at radius 3 is 2.47 bits per heavy atom. The van der Waals surface area contributed by atoms with Crippen molar-refractivity contribution < 1.29 is 0 Å². The third-order valence-electron chi connectivity index (χ3n) is 3.55. The summed E-state index contributed by atoms with van der Waals surface area (Å²) in [6.45, 7) is 4.28. The molecule has 2 heterocycles. The number of aromatic amines is 1. The van der Waals surface area contributed by atoms with Crippen LogP contribution in [0.2, 0.25) is 0 Å². The summed E-state index contributed by atoms with van der Waals surface area (Å²) in [7, 11) is 2.16. The minimum Gasteiger partial charge on any atom is -0.353 e. The molecule has 1 aromatic heterocycles. The lowest BCUT2D eigenvalue weighted by Crippen LogP contribution is -2.44. The molecule has 1 aliphatic rings. The molecule has 3 rings (SSSR count). The number of rotatable bonds is 2. The van der Waals surface area contributed by atoms with E-state index in [1.807, 2.05) is 12.1 Å². The fourth-order valence-electron chi connectivity index (χ4n) is 2.29. The maximum absolute atomic E-state index is 4.43. The van der Waals surface area contributed by atoms with Gasteiger partial charge in [-0.25, -0.2) is 0 Å². The second-order valence-electron chi connectivity index (χ2n) is 4.94. The zero-order chi connectivity index (χ0) is 13.2. The molecule has 0 amide bonds. The van der Waals surface area contributed by atoms with E-state index in [1.165, 1.54) is 0 Å². The number of H-pyrrole nitrogens is 1. The minimum absolute atomic E-state index is 1.04. The maximum Gasteiger partial charge on any atom is 0.151 e. The molecule has 0 spiro atoms. The molecule has 0 aliphatic carbocycles. The minimum atomic E-state index is 1.04. The van der Waals surface area contributed by atoms with Crippen LogP contribution in [0.15, 0.2) is 34.8 Å². The Hall–Kier alpha value is -1.33. The molecule has 1 aromatic carbocycles. The van der Waals surface area contributed by atoms with Gasteiger partial charge in [0.2, 0.25) is 0 Å². The molecule has 100 valence electrons. The van der Waals surface area contributed by atoms with Crippen LogP contribution in [-0.4, -0.2) is 48.3 Å². The molecule has 1 N–H and O–H groups in total. The molecule has 0 bridgehead atoms. The monoisotopic (exact) mass is 320 g/mol. The lowest BCUT2D eigenvalue weighted by atomic mass is 10.1. The van der Waals surface area contributed by atoms with E-state index in [9.17, 15) is 0 Å². The number of benzene rings is 1. The SMILES string of the molecule is CN1CCN(c2cc(-c3ccc(Br)cc3)[nH]n2)CC1. The van der Waals surface area contributed by atoms with Gasteiger partial charge in [-0.15, -0.1) is 0 Å². The van der Waals surface area contributed by atoms with Crippen LogP contribution in [0.4, 0.5) is 5.82 Å². The van der Waals surface area contributed by atoms with Crippen molar-refractivity contribution in [1.29, 1.82) is 0 Å². The Kier molecular flexibility index (Phi) is 3.57. The highest BCUT2D eigenvalue weighted by molar-refractivity contribution is 9.10. The van der Waals surface area contributed by atoms with Gasteiger partial charge in [0.25, 0.3) is 0 Å². The van der Waals surface area contributed by atoms with Gasteiger partial charge in [0.1, 0.15) is 0 Å². The molecule has 2 aromatic rings. The Labute approximate surface area is 121 Å². The first-order valence-corrected chi connectivity index (χ1v) is 7.26. The van der Waals surface area contributed by atoms with Gasteiger partial charge in [0, 0.05) is 36.7 Å². The van der Waals surface area contributed by atoms with Crippen molar-refractivity contribution in [3.05, 3.63) is 34.8 Å².